The van der Waals surface area contributed by atoms with Crippen LogP contribution in [0.2, 0.25) is 0 Å². The van der Waals surface area contributed by atoms with Crippen molar-refractivity contribution in [3.63, 3.8) is 0 Å². The molecule has 1 heterocycles. The molecule has 0 spiro atoms. The Labute approximate surface area is 125 Å². The molecule has 0 bridgehead atoms. The van der Waals surface area contributed by atoms with Crippen LogP contribution >= 0.6 is 0 Å². The van der Waals surface area contributed by atoms with Gasteiger partial charge in [-0.15, -0.1) is 0 Å². The van der Waals surface area contributed by atoms with Crippen molar-refractivity contribution < 1.29 is 18.0 Å². The number of imide groups is 1. The van der Waals surface area contributed by atoms with Crippen LogP contribution in [-0.4, -0.2) is 74.1 Å². The molecule has 0 radical (unpaired) electrons. The molecule has 0 aromatic carbocycles. The summed E-state index contributed by atoms with van der Waals surface area (Å²) in [5.74, 6) is -0.298. The van der Waals surface area contributed by atoms with Crippen LogP contribution in [0.25, 0.3) is 0 Å². The van der Waals surface area contributed by atoms with Crippen LogP contribution in [0.5, 0.6) is 0 Å². The minimum Gasteiger partial charge on any atom is -0.338 e. The van der Waals surface area contributed by atoms with Crippen molar-refractivity contribution in [1.29, 1.82) is 0 Å². The standard InChI is InChI=1S/C12H24N4O4S/c1-4-13-12(18)14-11(17)10(3)15-6-8-16(9-7-15)21(19,20)5-2/h10H,4-9H2,1-3H3,(H2,13,14,17,18)/t10-/m0/s1. The van der Waals surface area contributed by atoms with Gasteiger partial charge in [-0.3, -0.25) is 15.0 Å². The Hall–Kier alpha value is -1.19. The van der Waals surface area contributed by atoms with Crippen LogP contribution in [0.1, 0.15) is 20.8 Å². The summed E-state index contributed by atoms with van der Waals surface area (Å²) in [7, 11) is -3.17. The zero-order valence-electron chi connectivity index (χ0n) is 12.8. The summed E-state index contributed by atoms with van der Waals surface area (Å²) >= 11 is 0. The highest BCUT2D eigenvalue weighted by Crippen LogP contribution is 2.10. The number of hydrogen-bond acceptors (Lipinski definition) is 5. The first kappa shape index (κ1) is 17.9. The Morgan fingerprint density at radius 3 is 2.19 bits per heavy atom. The fourth-order valence-electron chi connectivity index (χ4n) is 2.14. The lowest BCUT2D eigenvalue weighted by molar-refractivity contribution is -0.125. The second-order valence-electron chi connectivity index (χ2n) is 4.86. The molecule has 2 N–H and O–H groups in total. The van der Waals surface area contributed by atoms with Gasteiger partial charge in [0.1, 0.15) is 0 Å². The number of carbonyl (C=O) groups is 2. The Balaban J connectivity index is 2.50. The van der Waals surface area contributed by atoms with Crippen LogP contribution in [0.15, 0.2) is 0 Å². The third kappa shape index (κ3) is 4.94. The second-order valence-corrected chi connectivity index (χ2v) is 7.12. The number of hydrogen-bond donors (Lipinski definition) is 2. The van der Waals surface area contributed by atoms with E-state index in [0.29, 0.717) is 32.7 Å². The van der Waals surface area contributed by atoms with E-state index in [1.807, 2.05) is 4.90 Å². The van der Waals surface area contributed by atoms with Gasteiger partial charge in [-0.1, -0.05) is 0 Å². The molecule has 1 fully saturated rings. The highest BCUT2D eigenvalue weighted by molar-refractivity contribution is 7.89. The van der Waals surface area contributed by atoms with Gasteiger partial charge >= 0.3 is 6.03 Å². The fraction of sp³-hybridized carbons (Fsp3) is 0.833. The maximum atomic E-state index is 11.9. The van der Waals surface area contributed by atoms with Gasteiger partial charge in [-0.2, -0.15) is 4.31 Å². The molecule has 122 valence electrons. The first-order valence-corrected chi connectivity index (χ1v) is 8.73. The SMILES string of the molecule is CCNC(=O)NC(=O)[C@H](C)N1CCN(S(=O)(=O)CC)CC1. The minimum absolute atomic E-state index is 0.0836. The monoisotopic (exact) mass is 320 g/mol. The molecule has 0 aliphatic carbocycles. The van der Waals surface area contributed by atoms with Gasteiger partial charge in [0, 0.05) is 32.7 Å². The number of nitrogens with one attached hydrogen (secondary N) is 2. The van der Waals surface area contributed by atoms with E-state index in [1.165, 1.54) is 4.31 Å². The molecular formula is C12H24N4O4S. The first-order valence-electron chi connectivity index (χ1n) is 7.12. The molecule has 0 unspecified atom stereocenters. The average Bonchev–Trinajstić information content (AvgIpc) is 2.46. The summed E-state index contributed by atoms with van der Waals surface area (Å²) < 4.78 is 25.0. The van der Waals surface area contributed by atoms with Gasteiger partial charge in [0.05, 0.1) is 11.8 Å². The maximum absolute atomic E-state index is 11.9. The Bertz CT molecular complexity index is 472. The van der Waals surface area contributed by atoms with Gasteiger partial charge in [-0.05, 0) is 20.8 Å². The lowest BCUT2D eigenvalue weighted by atomic mass is 10.2. The molecule has 1 aliphatic rings. The third-order valence-corrected chi connectivity index (χ3v) is 5.41. The normalized spacial score (nSPS) is 19.0. The quantitative estimate of drug-likeness (QED) is 0.690. The molecule has 0 aromatic heterocycles. The van der Waals surface area contributed by atoms with Crippen molar-refractivity contribution in [3.05, 3.63) is 0 Å². The van der Waals surface area contributed by atoms with Crippen LogP contribution in [0.3, 0.4) is 0 Å². The van der Waals surface area contributed by atoms with Gasteiger partial charge in [0.15, 0.2) is 0 Å². The van der Waals surface area contributed by atoms with Crippen molar-refractivity contribution in [2.24, 2.45) is 0 Å². The number of carbonyl (C=O) groups excluding carboxylic acids is 2. The zero-order valence-corrected chi connectivity index (χ0v) is 13.6. The Morgan fingerprint density at radius 2 is 1.71 bits per heavy atom. The number of urea groups is 1. The number of nitrogens with zero attached hydrogens (tertiary/aromatic N) is 2. The molecule has 1 saturated heterocycles. The van der Waals surface area contributed by atoms with E-state index < -0.39 is 22.1 Å². The molecule has 21 heavy (non-hydrogen) atoms. The van der Waals surface area contributed by atoms with Gasteiger partial charge in [0.2, 0.25) is 15.9 Å². The Kier molecular flexibility index (Phi) is 6.56. The van der Waals surface area contributed by atoms with Crippen LogP contribution in [0, 0.1) is 0 Å². The number of sulfonamides is 1. The molecule has 1 atom stereocenters. The predicted molar refractivity (Wildman–Crippen MR) is 79.3 cm³/mol. The largest absolute Gasteiger partial charge is 0.338 e. The van der Waals surface area contributed by atoms with Crippen molar-refractivity contribution in [2.45, 2.75) is 26.8 Å². The van der Waals surface area contributed by atoms with Crippen molar-refractivity contribution in [1.82, 2.24) is 19.8 Å². The van der Waals surface area contributed by atoms with Crippen LogP contribution in [-0.2, 0) is 14.8 Å². The Morgan fingerprint density at radius 1 is 1.14 bits per heavy atom. The van der Waals surface area contributed by atoms with Crippen molar-refractivity contribution in [2.75, 3.05) is 38.5 Å². The number of piperazine rings is 1. The van der Waals surface area contributed by atoms with Gasteiger partial charge in [0.25, 0.3) is 0 Å². The highest BCUT2D eigenvalue weighted by Gasteiger charge is 2.30. The molecule has 1 rings (SSSR count). The van der Waals surface area contributed by atoms with E-state index in [9.17, 15) is 18.0 Å². The first-order chi connectivity index (χ1) is 9.81. The third-order valence-electron chi connectivity index (χ3n) is 3.53. The van der Waals surface area contributed by atoms with E-state index in [-0.39, 0.29) is 11.7 Å². The fourth-order valence-corrected chi connectivity index (χ4v) is 3.22. The van der Waals surface area contributed by atoms with E-state index in [4.69, 9.17) is 0 Å². The predicted octanol–water partition coefficient (Wildman–Crippen LogP) is -0.812. The number of amides is 3. The average molecular weight is 320 g/mol. The van der Waals surface area contributed by atoms with E-state index >= 15 is 0 Å². The maximum Gasteiger partial charge on any atom is 0.321 e. The molecule has 0 saturated carbocycles. The lowest BCUT2D eigenvalue weighted by Gasteiger charge is -2.36. The van der Waals surface area contributed by atoms with E-state index in [0.717, 1.165) is 0 Å². The molecule has 1 aliphatic heterocycles. The summed E-state index contributed by atoms with van der Waals surface area (Å²) in [5.41, 5.74) is 0. The topological polar surface area (TPSA) is 98.8 Å². The molecule has 0 aromatic rings. The molecular weight excluding hydrogens is 296 g/mol. The highest BCUT2D eigenvalue weighted by atomic mass is 32.2. The van der Waals surface area contributed by atoms with Crippen molar-refractivity contribution >= 4 is 22.0 Å². The van der Waals surface area contributed by atoms with Crippen molar-refractivity contribution in [3.8, 4) is 0 Å². The lowest BCUT2D eigenvalue weighted by Crippen LogP contribution is -2.56. The smallest absolute Gasteiger partial charge is 0.321 e. The summed E-state index contributed by atoms with van der Waals surface area (Å²) in [4.78, 5) is 25.1. The van der Waals surface area contributed by atoms with E-state index in [2.05, 4.69) is 10.6 Å². The van der Waals surface area contributed by atoms with Gasteiger partial charge < -0.3 is 5.32 Å². The summed E-state index contributed by atoms with van der Waals surface area (Å²) in [6.07, 6.45) is 0. The second kappa shape index (κ2) is 7.71. The summed E-state index contributed by atoms with van der Waals surface area (Å²) in [6.45, 7) is 7.22. The summed E-state index contributed by atoms with van der Waals surface area (Å²) in [5, 5.41) is 4.76. The number of rotatable bonds is 5. The van der Waals surface area contributed by atoms with Gasteiger partial charge in [-0.25, -0.2) is 13.2 Å². The zero-order chi connectivity index (χ0) is 16.0. The van der Waals surface area contributed by atoms with E-state index in [1.54, 1.807) is 20.8 Å². The molecule has 9 heteroatoms. The minimum atomic E-state index is -3.17. The van der Waals surface area contributed by atoms with Crippen LogP contribution < -0.4 is 10.6 Å². The molecule has 3 amide bonds. The van der Waals surface area contributed by atoms with Crippen LogP contribution in [0.4, 0.5) is 4.79 Å². The molecule has 8 nitrogen and oxygen atoms in total. The summed E-state index contributed by atoms with van der Waals surface area (Å²) in [6, 6.07) is -0.986.